The number of nitrogens with one attached hydrogen (secondary N) is 2. The predicted molar refractivity (Wildman–Crippen MR) is 136 cm³/mol. The number of aliphatic imine (C=N–C) groups is 1. The molecule has 32 heavy (non-hydrogen) atoms. The highest BCUT2D eigenvalue weighted by Gasteiger charge is 2.23. The molecule has 2 N–H and O–H groups in total. The molecule has 0 bridgehead atoms. The van der Waals surface area contributed by atoms with E-state index in [-0.39, 0.29) is 35.6 Å². The molecule has 0 aliphatic carbocycles. The number of hydrogen-bond acceptors (Lipinski definition) is 5. The zero-order valence-electron chi connectivity index (χ0n) is 18.8. The monoisotopic (exact) mass is 558 g/mol. The van der Waals surface area contributed by atoms with Gasteiger partial charge in [-0.1, -0.05) is 19.1 Å². The number of benzene rings is 1. The van der Waals surface area contributed by atoms with Gasteiger partial charge in [0.2, 0.25) is 5.91 Å². The maximum Gasteiger partial charge on any atom is 0.269 e. The van der Waals surface area contributed by atoms with Gasteiger partial charge in [0.25, 0.3) is 5.69 Å². The molecule has 1 aromatic rings. The zero-order valence-corrected chi connectivity index (χ0v) is 21.1. The van der Waals surface area contributed by atoms with Crippen LogP contribution in [0.15, 0.2) is 29.3 Å². The average Bonchev–Trinajstić information content (AvgIpc) is 3.41. The molecule has 0 aromatic heterocycles. The van der Waals surface area contributed by atoms with Crippen LogP contribution in [0.3, 0.4) is 0 Å². The largest absolute Gasteiger partial charge is 0.356 e. The highest BCUT2D eigenvalue weighted by molar-refractivity contribution is 14.0. The fraction of sp³-hybridized carbons (Fsp3) is 0.636. The Morgan fingerprint density at radius 1 is 1.22 bits per heavy atom. The molecule has 2 aliphatic rings. The van der Waals surface area contributed by atoms with Crippen LogP contribution in [0.2, 0.25) is 0 Å². The number of rotatable bonds is 10. The van der Waals surface area contributed by atoms with Gasteiger partial charge in [0.15, 0.2) is 5.96 Å². The van der Waals surface area contributed by atoms with Crippen LogP contribution >= 0.6 is 24.0 Å². The third-order valence-corrected chi connectivity index (χ3v) is 6.05. The van der Waals surface area contributed by atoms with Gasteiger partial charge < -0.3 is 15.5 Å². The number of amides is 1. The van der Waals surface area contributed by atoms with E-state index in [0.717, 1.165) is 63.6 Å². The molecule has 2 heterocycles. The molecule has 1 atom stereocenters. The van der Waals surface area contributed by atoms with Gasteiger partial charge in [-0.25, -0.2) is 4.99 Å². The Labute approximate surface area is 207 Å². The number of likely N-dealkylation sites (N-methyl/N-ethyl adjacent to an activating group) is 1. The van der Waals surface area contributed by atoms with Gasteiger partial charge in [-0.3, -0.25) is 19.8 Å². The van der Waals surface area contributed by atoms with Crippen LogP contribution in [0.25, 0.3) is 0 Å². The van der Waals surface area contributed by atoms with Crippen molar-refractivity contribution >= 4 is 41.5 Å². The summed E-state index contributed by atoms with van der Waals surface area (Å²) in [4.78, 5) is 31.3. The molecular formula is C22H35IN6O3. The lowest BCUT2D eigenvalue weighted by Gasteiger charge is -2.24. The predicted octanol–water partition coefficient (Wildman–Crippen LogP) is 2.74. The van der Waals surface area contributed by atoms with E-state index >= 15 is 0 Å². The van der Waals surface area contributed by atoms with E-state index in [2.05, 4.69) is 22.5 Å². The van der Waals surface area contributed by atoms with Gasteiger partial charge in [0.1, 0.15) is 0 Å². The molecule has 0 spiro atoms. The van der Waals surface area contributed by atoms with Crippen molar-refractivity contribution in [2.75, 3.05) is 39.3 Å². The molecule has 2 aliphatic heterocycles. The molecule has 1 aromatic carbocycles. The molecule has 3 rings (SSSR count). The smallest absolute Gasteiger partial charge is 0.269 e. The fourth-order valence-electron chi connectivity index (χ4n) is 4.24. The van der Waals surface area contributed by atoms with Crippen molar-refractivity contribution in [1.82, 2.24) is 20.4 Å². The highest BCUT2D eigenvalue weighted by atomic mass is 127. The summed E-state index contributed by atoms with van der Waals surface area (Å²) in [7, 11) is 0. The van der Waals surface area contributed by atoms with Gasteiger partial charge in [-0.05, 0) is 44.3 Å². The maximum atomic E-state index is 11.8. The Morgan fingerprint density at radius 2 is 2.00 bits per heavy atom. The van der Waals surface area contributed by atoms with Crippen LogP contribution < -0.4 is 10.6 Å². The lowest BCUT2D eigenvalue weighted by Crippen LogP contribution is -2.45. The Hall–Kier alpha value is -1.95. The van der Waals surface area contributed by atoms with E-state index in [1.807, 2.05) is 4.90 Å². The van der Waals surface area contributed by atoms with Crippen molar-refractivity contribution in [2.24, 2.45) is 4.99 Å². The molecule has 0 radical (unpaired) electrons. The first-order valence-corrected chi connectivity index (χ1v) is 11.3. The van der Waals surface area contributed by atoms with Gasteiger partial charge >= 0.3 is 0 Å². The zero-order chi connectivity index (χ0) is 22.1. The van der Waals surface area contributed by atoms with Gasteiger partial charge in [-0.2, -0.15) is 0 Å². The SMILES string of the molecule is CCN1CCCC1CNC(=NCc1ccc([N+](=O)[O-])cc1)NCCCN1CCCC1=O.I. The summed E-state index contributed by atoms with van der Waals surface area (Å²) in [6.07, 6.45) is 4.92. The first-order chi connectivity index (χ1) is 15.1. The lowest BCUT2D eigenvalue weighted by atomic mass is 10.2. The van der Waals surface area contributed by atoms with Crippen LogP contribution in [0.4, 0.5) is 5.69 Å². The second-order valence-electron chi connectivity index (χ2n) is 8.16. The summed E-state index contributed by atoms with van der Waals surface area (Å²) in [5.41, 5.74) is 1.01. The summed E-state index contributed by atoms with van der Waals surface area (Å²) >= 11 is 0. The minimum Gasteiger partial charge on any atom is -0.356 e. The molecule has 10 heteroatoms. The first kappa shape index (κ1) is 26.3. The summed E-state index contributed by atoms with van der Waals surface area (Å²) in [6.45, 7) is 8.05. The van der Waals surface area contributed by atoms with E-state index in [1.165, 1.54) is 25.0 Å². The van der Waals surface area contributed by atoms with Crippen LogP contribution in [-0.2, 0) is 11.3 Å². The number of likely N-dealkylation sites (tertiary alicyclic amines) is 2. The van der Waals surface area contributed by atoms with Crippen LogP contribution in [-0.4, -0.2) is 71.9 Å². The molecule has 178 valence electrons. The number of non-ortho nitro benzene ring substituents is 1. The Balaban J connectivity index is 0.00000363. The Kier molecular flexibility index (Phi) is 11.1. The van der Waals surface area contributed by atoms with Gasteiger partial charge in [0, 0.05) is 50.8 Å². The molecular weight excluding hydrogens is 523 g/mol. The van der Waals surface area contributed by atoms with Crippen molar-refractivity contribution in [3.63, 3.8) is 0 Å². The summed E-state index contributed by atoms with van der Waals surface area (Å²) in [6, 6.07) is 7.02. The van der Waals surface area contributed by atoms with Gasteiger partial charge in [-0.15, -0.1) is 24.0 Å². The Morgan fingerprint density at radius 3 is 2.66 bits per heavy atom. The second-order valence-corrected chi connectivity index (χ2v) is 8.16. The standard InChI is InChI=1S/C22H34N6O3.HI/c1-2-26-13-3-6-20(26)17-25-22(23-12-5-15-27-14-4-7-21(27)29)24-16-18-8-10-19(11-9-18)28(30)31;/h8-11,20H,2-7,12-17H2,1H3,(H2,23,24,25);1H. The topological polar surface area (TPSA) is 103 Å². The van der Waals surface area contributed by atoms with Gasteiger partial charge in [0.05, 0.1) is 11.5 Å². The lowest BCUT2D eigenvalue weighted by molar-refractivity contribution is -0.384. The molecule has 9 nitrogen and oxygen atoms in total. The maximum absolute atomic E-state index is 11.8. The quantitative estimate of drug-likeness (QED) is 0.114. The van der Waals surface area contributed by atoms with Crippen LogP contribution in [0.5, 0.6) is 0 Å². The van der Waals surface area contributed by atoms with Crippen molar-refractivity contribution < 1.29 is 9.72 Å². The number of nitro benzene ring substituents is 1. The fourth-order valence-corrected chi connectivity index (χ4v) is 4.24. The van der Waals surface area contributed by atoms with Crippen LogP contribution in [0, 0.1) is 10.1 Å². The molecule has 0 saturated carbocycles. The number of carbonyl (C=O) groups is 1. The van der Waals surface area contributed by atoms with Crippen molar-refractivity contribution in [3.05, 3.63) is 39.9 Å². The number of guanidine groups is 1. The number of halogens is 1. The number of carbonyl (C=O) groups excluding carboxylic acids is 1. The number of nitro groups is 1. The third kappa shape index (κ3) is 7.88. The number of nitrogens with zero attached hydrogens (tertiary/aromatic N) is 4. The molecule has 1 unspecified atom stereocenters. The molecule has 2 fully saturated rings. The van der Waals surface area contributed by atoms with Crippen molar-refractivity contribution in [1.29, 1.82) is 0 Å². The molecule has 2 saturated heterocycles. The molecule has 1 amide bonds. The van der Waals surface area contributed by atoms with E-state index < -0.39 is 4.92 Å². The van der Waals surface area contributed by atoms with E-state index in [9.17, 15) is 14.9 Å². The van der Waals surface area contributed by atoms with E-state index in [4.69, 9.17) is 4.99 Å². The summed E-state index contributed by atoms with van der Waals surface area (Å²) in [5.74, 6) is 1.00. The van der Waals surface area contributed by atoms with Crippen molar-refractivity contribution in [2.45, 2.75) is 51.6 Å². The second kappa shape index (κ2) is 13.6. The number of hydrogen-bond donors (Lipinski definition) is 2. The highest BCUT2D eigenvalue weighted by Crippen LogP contribution is 2.16. The normalized spacial score (nSPS) is 19.2. The van der Waals surface area contributed by atoms with E-state index in [0.29, 0.717) is 19.0 Å². The minimum atomic E-state index is -0.395. The first-order valence-electron chi connectivity index (χ1n) is 11.3. The Bertz CT molecular complexity index is 773. The van der Waals surface area contributed by atoms with E-state index in [1.54, 1.807) is 12.1 Å². The van der Waals surface area contributed by atoms with Crippen LogP contribution in [0.1, 0.15) is 44.6 Å². The van der Waals surface area contributed by atoms with Crippen molar-refractivity contribution in [3.8, 4) is 0 Å². The summed E-state index contributed by atoms with van der Waals surface area (Å²) < 4.78 is 0. The minimum absolute atomic E-state index is 0. The summed E-state index contributed by atoms with van der Waals surface area (Å²) in [5, 5.41) is 17.7. The third-order valence-electron chi connectivity index (χ3n) is 6.05. The average molecular weight is 558 g/mol.